The second-order valence-electron chi connectivity index (χ2n) is 7.50. The molecule has 1 amide bonds. The Balaban J connectivity index is 1.47. The Labute approximate surface area is 172 Å². The van der Waals surface area contributed by atoms with E-state index in [1.54, 1.807) is 0 Å². The molecule has 0 unspecified atom stereocenters. The lowest BCUT2D eigenvalue weighted by Crippen LogP contribution is -2.45. The van der Waals surface area contributed by atoms with Crippen molar-refractivity contribution in [1.29, 1.82) is 0 Å². The lowest BCUT2D eigenvalue weighted by molar-refractivity contribution is 0.0951. The molecule has 0 aromatic heterocycles. The third-order valence-electron chi connectivity index (χ3n) is 5.01. The van der Waals surface area contributed by atoms with Crippen molar-refractivity contribution in [3.05, 3.63) is 64.7 Å². The Bertz CT molecular complexity index is 770. The first-order chi connectivity index (χ1) is 13.5. The average molecular weight is 401 g/mol. The standard InChI is InChI=1S/C22H29ClN4O/c1-25(2)11-10-24-22(28)19-8-6-18(7-9-19)17-26-12-14-27(15-13-26)21-5-3-4-20(23)16-21/h3-9,16H,10-15,17H2,1-2H3,(H,24,28). The van der Waals surface area contributed by atoms with E-state index in [1.165, 1.54) is 11.3 Å². The van der Waals surface area contributed by atoms with Gasteiger partial charge >= 0.3 is 0 Å². The van der Waals surface area contributed by atoms with Gasteiger partial charge in [-0.15, -0.1) is 0 Å². The zero-order chi connectivity index (χ0) is 19.9. The molecule has 1 saturated heterocycles. The summed E-state index contributed by atoms with van der Waals surface area (Å²) in [6, 6.07) is 16.0. The normalized spacial score (nSPS) is 15.1. The molecule has 1 aliphatic rings. The molecule has 5 nitrogen and oxygen atoms in total. The van der Waals surface area contributed by atoms with E-state index in [1.807, 2.05) is 44.4 Å². The van der Waals surface area contributed by atoms with E-state index in [0.717, 1.165) is 44.3 Å². The van der Waals surface area contributed by atoms with Crippen molar-refractivity contribution in [1.82, 2.24) is 15.1 Å². The molecule has 1 heterocycles. The fourth-order valence-corrected chi connectivity index (χ4v) is 3.54. The predicted octanol–water partition coefficient (Wildman–Crippen LogP) is 2.95. The van der Waals surface area contributed by atoms with Crippen LogP contribution in [-0.2, 0) is 6.54 Å². The maximum absolute atomic E-state index is 12.2. The van der Waals surface area contributed by atoms with Gasteiger partial charge in [0, 0.05) is 62.1 Å². The molecule has 6 heteroatoms. The van der Waals surface area contributed by atoms with E-state index < -0.39 is 0 Å². The molecule has 0 bridgehead atoms. The number of halogens is 1. The smallest absolute Gasteiger partial charge is 0.251 e. The zero-order valence-corrected chi connectivity index (χ0v) is 17.5. The molecule has 0 saturated carbocycles. The summed E-state index contributed by atoms with van der Waals surface area (Å²) in [6.07, 6.45) is 0. The van der Waals surface area contributed by atoms with Crippen molar-refractivity contribution < 1.29 is 4.79 Å². The molecular formula is C22H29ClN4O. The van der Waals surface area contributed by atoms with Crippen LogP contribution in [0.2, 0.25) is 5.02 Å². The minimum atomic E-state index is -0.0106. The van der Waals surface area contributed by atoms with Gasteiger partial charge in [-0.3, -0.25) is 9.69 Å². The number of hydrogen-bond donors (Lipinski definition) is 1. The summed E-state index contributed by atoms with van der Waals surface area (Å²) in [7, 11) is 3.99. The summed E-state index contributed by atoms with van der Waals surface area (Å²) in [5.74, 6) is -0.0106. The Kier molecular flexibility index (Phi) is 7.31. The molecule has 2 aromatic carbocycles. The van der Waals surface area contributed by atoms with Gasteiger partial charge in [-0.1, -0.05) is 29.8 Å². The van der Waals surface area contributed by atoms with Crippen molar-refractivity contribution in [2.24, 2.45) is 0 Å². The summed E-state index contributed by atoms with van der Waals surface area (Å²) in [4.78, 5) is 19.0. The van der Waals surface area contributed by atoms with Gasteiger partial charge in [0.1, 0.15) is 0 Å². The van der Waals surface area contributed by atoms with E-state index in [4.69, 9.17) is 11.6 Å². The van der Waals surface area contributed by atoms with Crippen LogP contribution in [0.5, 0.6) is 0 Å². The first-order valence-electron chi connectivity index (χ1n) is 9.76. The van der Waals surface area contributed by atoms with Crippen molar-refractivity contribution in [3.63, 3.8) is 0 Å². The minimum absolute atomic E-state index is 0.0106. The average Bonchev–Trinajstić information content (AvgIpc) is 2.69. The van der Waals surface area contributed by atoms with Gasteiger partial charge in [-0.2, -0.15) is 0 Å². The molecule has 150 valence electrons. The predicted molar refractivity (Wildman–Crippen MR) is 116 cm³/mol. The molecule has 0 radical (unpaired) electrons. The first kappa shape index (κ1) is 20.6. The number of anilines is 1. The molecule has 0 spiro atoms. The number of carbonyl (C=O) groups excluding carboxylic acids is 1. The number of nitrogens with zero attached hydrogens (tertiary/aromatic N) is 3. The van der Waals surface area contributed by atoms with Gasteiger partial charge in [-0.05, 0) is 50.0 Å². The van der Waals surface area contributed by atoms with E-state index in [2.05, 4.69) is 38.2 Å². The second kappa shape index (κ2) is 9.92. The Morgan fingerprint density at radius 3 is 2.43 bits per heavy atom. The van der Waals surface area contributed by atoms with E-state index in [9.17, 15) is 4.79 Å². The first-order valence-corrected chi connectivity index (χ1v) is 10.1. The van der Waals surface area contributed by atoms with Crippen molar-refractivity contribution in [3.8, 4) is 0 Å². The number of amides is 1. The third-order valence-corrected chi connectivity index (χ3v) is 5.25. The summed E-state index contributed by atoms with van der Waals surface area (Å²) in [6.45, 7) is 6.42. The lowest BCUT2D eigenvalue weighted by atomic mass is 10.1. The fourth-order valence-electron chi connectivity index (χ4n) is 3.35. The Hall–Kier alpha value is -2.08. The van der Waals surface area contributed by atoms with E-state index in [-0.39, 0.29) is 5.91 Å². The number of nitrogens with one attached hydrogen (secondary N) is 1. The van der Waals surface area contributed by atoms with Crippen LogP contribution in [0.25, 0.3) is 0 Å². The number of benzene rings is 2. The zero-order valence-electron chi connectivity index (χ0n) is 16.7. The molecule has 0 atom stereocenters. The highest BCUT2D eigenvalue weighted by Gasteiger charge is 2.17. The number of hydrogen-bond acceptors (Lipinski definition) is 4. The summed E-state index contributed by atoms with van der Waals surface area (Å²) < 4.78 is 0. The topological polar surface area (TPSA) is 38.8 Å². The van der Waals surface area contributed by atoms with Crippen molar-refractivity contribution >= 4 is 23.2 Å². The van der Waals surface area contributed by atoms with Crippen LogP contribution in [-0.4, -0.2) is 69.1 Å². The molecule has 1 aliphatic heterocycles. The maximum atomic E-state index is 12.2. The third kappa shape index (κ3) is 5.96. The fraction of sp³-hybridized carbons (Fsp3) is 0.409. The molecule has 1 fully saturated rings. The highest BCUT2D eigenvalue weighted by atomic mass is 35.5. The molecule has 3 rings (SSSR count). The highest BCUT2D eigenvalue weighted by Crippen LogP contribution is 2.21. The second-order valence-corrected chi connectivity index (χ2v) is 7.94. The molecular weight excluding hydrogens is 372 g/mol. The summed E-state index contributed by atoms with van der Waals surface area (Å²) in [5.41, 5.74) is 3.14. The Morgan fingerprint density at radius 1 is 1.07 bits per heavy atom. The number of piperazine rings is 1. The van der Waals surface area contributed by atoms with E-state index in [0.29, 0.717) is 12.1 Å². The van der Waals surface area contributed by atoms with Crippen LogP contribution < -0.4 is 10.2 Å². The van der Waals surface area contributed by atoms with E-state index >= 15 is 0 Å². The number of likely N-dealkylation sites (N-methyl/N-ethyl adjacent to an activating group) is 1. The minimum Gasteiger partial charge on any atom is -0.369 e. The van der Waals surface area contributed by atoms with Crippen LogP contribution in [0.3, 0.4) is 0 Å². The van der Waals surface area contributed by atoms with Crippen LogP contribution in [0.1, 0.15) is 15.9 Å². The number of rotatable bonds is 7. The summed E-state index contributed by atoms with van der Waals surface area (Å²) >= 11 is 6.11. The van der Waals surface area contributed by atoms with Crippen molar-refractivity contribution in [2.45, 2.75) is 6.54 Å². The molecule has 2 aromatic rings. The van der Waals surface area contributed by atoms with Crippen LogP contribution in [0.4, 0.5) is 5.69 Å². The number of carbonyl (C=O) groups is 1. The quantitative estimate of drug-likeness (QED) is 0.775. The summed E-state index contributed by atoms with van der Waals surface area (Å²) in [5, 5.41) is 3.73. The maximum Gasteiger partial charge on any atom is 0.251 e. The SMILES string of the molecule is CN(C)CCNC(=O)c1ccc(CN2CCN(c3cccc(Cl)c3)CC2)cc1. The van der Waals surface area contributed by atoms with Gasteiger partial charge in [0.25, 0.3) is 5.91 Å². The van der Waals surface area contributed by atoms with Gasteiger partial charge < -0.3 is 15.1 Å². The monoisotopic (exact) mass is 400 g/mol. The molecule has 28 heavy (non-hydrogen) atoms. The Morgan fingerprint density at radius 2 is 1.79 bits per heavy atom. The highest BCUT2D eigenvalue weighted by molar-refractivity contribution is 6.30. The van der Waals surface area contributed by atoms with Crippen LogP contribution in [0.15, 0.2) is 48.5 Å². The molecule has 0 aliphatic carbocycles. The van der Waals surface area contributed by atoms with Crippen LogP contribution in [0, 0.1) is 0 Å². The lowest BCUT2D eigenvalue weighted by Gasteiger charge is -2.36. The van der Waals surface area contributed by atoms with Gasteiger partial charge in [0.15, 0.2) is 0 Å². The molecule has 1 N–H and O–H groups in total. The van der Waals surface area contributed by atoms with Gasteiger partial charge in [0.2, 0.25) is 0 Å². The van der Waals surface area contributed by atoms with Gasteiger partial charge in [0.05, 0.1) is 0 Å². The largest absolute Gasteiger partial charge is 0.369 e. The van der Waals surface area contributed by atoms with Crippen molar-refractivity contribution in [2.75, 3.05) is 58.3 Å². The van der Waals surface area contributed by atoms with Crippen LogP contribution >= 0.6 is 11.6 Å². The van der Waals surface area contributed by atoms with Gasteiger partial charge in [-0.25, -0.2) is 0 Å².